The van der Waals surface area contributed by atoms with Crippen molar-refractivity contribution in [2.45, 2.75) is 25.8 Å². The average molecular weight is 387 g/mol. The van der Waals surface area contributed by atoms with Crippen LogP contribution in [0.2, 0.25) is 0 Å². The SMILES string of the molecule is CC(NCCCc1ncc[nH]1)c1ccc(Br)cc1Br. The first-order chi connectivity index (χ1) is 9.16. The van der Waals surface area contributed by atoms with Gasteiger partial charge in [0.1, 0.15) is 5.82 Å². The quantitative estimate of drug-likeness (QED) is 0.729. The Balaban J connectivity index is 1.79. The molecular formula is C14H17Br2N3. The van der Waals surface area contributed by atoms with Crippen LogP contribution in [0.5, 0.6) is 0 Å². The molecule has 1 aromatic carbocycles. The Kier molecular flexibility index (Phi) is 5.60. The molecule has 1 atom stereocenters. The van der Waals surface area contributed by atoms with Gasteiger partial charge < -0.3 is 10.3 Å². The Morgan fingerprint density at radius 1 is 1.37 bits per heavy atom. The van der Waals surface area contributed by atoms with Crippen LogP contribution in [0.4, 0.5) is 0 Å². The summed E-state index contributed by atoms with van der Waals surface area (Å²) in [6, 6.07) is 6.62. The number of rotatable bonds is 6. The molecule has 0 saturated heterocycles. The molecule has 3 nitrogen and oxygen atoms in total. The molecular weight excluding hydrogens is 370 g/mol. The molecule has 0 saturated carbocycles. The summed E-state index contributed by atoms with van der Waals surface area (Å²) in [4.78, 5) is 7.34. The number of H-pyrrole nitrogens is 1. The summed E-state index contributed by atoms with van der Waals surface area (Å²) in [5.41, 5.74) is 1.28. The van der Waals surface area contributed by atoms with Crippen molar-refractivity contribution in [1.82, 2.24) is 15.3 Å². The number of imidazole rings is 1. The van der Waals surface area contributed by atoms with Gasteiger partial charge in [0.05, 0.1) is 0 Å². The number of aromatic amines is 1. The lowest BCUT2D eigenvalue weighted by atomic mass is 10.1. The highest BCUT2D eigenvalue weighted by Gasteiger charge is 2.08. The van der Waals surface area contributed by atoms with Crippen molar-refractivity contribution in [3.63, 3.8) is 0 Å². The first-order valence-electron chi connectivity index (χ1n) is 6.33. The summed E-state index contributed by atoms with van der Waals surface area (Å²) >= 11 is 7.07. The van der Waals surface area contributed by atoms with E-state index in [1.165, 1.54) is 5.56 Å². The average Bonchev–Trinajstić information content (AvgIpc) is 2.87. The number of benzene rings is 1. The third-order valence-corrected chi connectivity index (χ3v) is 4.20. The van der Waals surface area contributed by atoms with Gasteiger partial charge in [0, 0.05) is 33.8 Å². The number of aromatic nitrogens is 2. The van der Waals surface area contributed by atoms with Gasteiger partial charge in [0.2, 0.25) is 0 Å². The number of halogens is 2. The Bertz CT molecular complexity index is 511. The minimum Gasteiger partial charge on any atom is -0.349 e. The van der Waals surface area contributed by atoms with Gasteiger partial charge in [-0.05, 0) is 37.6 Å². The molecule has 5 heteroatoms. The Morgan fingerprint density at radius 2 is 2.21 bits per heavy atom. The highest BCUT2D eigenvalue weighted by Crippen LogP contribution is 2.26. The topological polar surface area (TPSA) is 40.7 Å². The third kappa shape index (κ3) is 4.44. The maximum absolute atomic E-state index is 4.22. The van der Waals surface area contributed by atoms with Crippen LogP contribution >= 0.6 is 31.9 Å². The molecule has 1 heterocycles. The van der Waals surface area contributed by atoms with Gasteiger partial charge in [-0.2, -0.15) is 0 Å². The van der Waals surface area contributed by atoms with Crippen LogP contribution in [0.3, 0.4) is 0 Å². The lowest BCUT2D eigenvalue weighted by Crippen LogP contribution is -2.20. The molecule has 1 aromatic heterocycles. The van der Waals surface area contributed by atoms with Crippen LogP contribution in [0, 0.1) is 0 Å². The van der Waals surface area contributed by atoms with E-state index in [0.717, 1.165) is 34.2 Å². The molecule has 19 heavy (non-hydrogen) atoms. The number of hydrogen-bond acceptors (Lipinski definition) is 2. The van der Waals surface area contributed by atoms with Gasteiger partial charge in [-0.3, -0.25) is 0 Å². The van der Waals surface area contributed by atoms with Crippen molar-refractivity contribution in [3.05, 3.63) is 50.9 Å². The first kappa shape index (κ1) is 14.8. The zero-order valence-corrected chi connectivity index (χ0v) is 14.0. The van der Waals surface area contributed by atoms with Gasteiger partial charge in [-0.1, -0.05) is 37.9 Å². The van der Waals surface area contributed by atoms with E-state index >= 15 is 0 Å². The first-order valence-corrected chi connectivity index (χ1v) is 7.92. The number of aryl methyl sites for hydroxylation is 1. The van der Waals surface area contributed by atoms with E-state index in [1.807, 2.05) is 6.20 Å². The van der Waals surface area contributed by atoms with E-state index < -0.39 is 0 Å². The Morgan fingerprint density at radius 3 is 2.89 bits per heavy atom. The summed E-state index contributed by atoms with van der Waals surface area (Å²) in [5.74, 6) is 1.05. The zero-order valence-electron chi connectivity index (χ0n) is 10.8. The van der Waals surface area contributed by atoms with E-state index in [9.17, 15) is 0 Å². The second kappa shape index (κ2) is 7.22. The van der Waals surface area contributed by atoms with Crippen LogP contribution in [0.1, 0.15) is 30.8 Å². The lowest BCUT2D eigenvalue weighted by molar-refractivity contribution is 0.553. The monoisotopic (exact) mass is 385 g/mol. The summed E-state index contributed by atoms with van der Waals surface area (Å²) in [7, 11) is 0. The molecule has 2 rings (SSSR count). The summed E-state index contributed by atoms with van der Waals surface area (Å²) in [5, 5.41) is 3.53. The van der Waals surface area contributed by atoms with Gasteiger partial charge >= 0.3 is 0 Å². The van der Waals surface area contributed by atoms with E-state index in [1.54, 1.807) is 6.20 Å². The fourth-order valence-corrected chi connectivity index (χ4v) is 3.36. The smallest absolute Gasteiger partial charge is 0.106 e. The molecule has 0 amide bonds. The summed E-state index contributed by atoms with van der Waals surface area (Å²) < 4.78 is 2.22. The van der Waals surface area contributed by atoms with Crippen LogP contribution in [0.15, 0.2) is 39.5 Å². The maximum atomic E-state index is 4.22. The van der Waals surface area contributed by atoms with Gasteiger partial charge in [-0.25, -0.2) is 4.98 Å². The van der Waals surface area contributed by atoms with Crippen LogP contribution in [0.25, 0.3) is 0 Å². The predicted octanol–water partition coefficient (Wildman–Crippen LogP) is 4.22. The van der Waals surface area contributed by atoms with Gasteiger partial charge in [0.15, 0.2) is 0 Å². The molecule has 0 aliphatic carbocycles. The molecule has 0 fully saturated rings. The normalized spacial score (nSPS) is 12.6. The highest BCUT2D eigenvalue weighted by molar-refractivity contribution is 9.11. The van der Waals surface area contributed by atoms with Crippen molar-refractivity contribution in [3.8, 4) is 0 Å². The molecule has 0 radical (unpaired) electrons. The molecule has 0 spiro atoms. The van der Waals surface area contributed by atoms with Crippen LogP contribution in [-0.2, 0) is 6.42 Å². The largest absolute Gasteiger partial charge is 0.349 e. The van der Waals surface area contributed by atoms with Gasteiger partial charge in [0.25, 0.3) is 0 Å². The molecule has 0 aliphatic heterocycles. The Labute approximate surface area is 130 Å². The van der Waals surface area contributed by atoms with Crippen LogP contribution in [-0.4, -0.2) is 16.5 Å². The highest BCUT2D eigenvalue weighted by atomic mass is 79.9. The van der Waals surface area contributed by atoms with E-state index in [0.29, 0.717) is 6.04 Å². The molecule has 2 N–H and O–H groups in total. The minimum absolute atomic E-state index is 0.332. The number of nitrogens with zero attached hydrogens (tertiary/aromatic N) is 1. The second-order valence-corrected chi connectivity index (χ2v) is 6.25. The van der Waals surface area contributed by atoms with Gasteiger partial charge in [-0.15, -0.1) is 0 Å². The van der Waals surface area contributed by atoms with Crippen LogP contribution < -0.4 is 5.32 Å². The summed E-state index contributed by atoms with van der Waals surface area (Å²) in [6.45, 7) is 3.16. The molecule has 102 valence electrons. The molecule has 2 aromatic rings. The minimum atomic E-state index is 0.332. The van der Waals surface area contributed by atoms with E-state index in [4.69, 9.17) is 0 Å². The van der Waals surface area contributed by atoms with Crippen molar-refractivity contribution < 1.29 is 0 Å². The van der Waals surface area contributed by atoms with E-state index in [-0.39, 0.29) is 0 Å². The lowest BCUT2D eigenvalue weighted by Gasteiger charge is -2.16. The van der Waals surface area contributed by atoms with Crippen molar-refractivity contribution >= 4 is 31.9 Å². The maximum Gasteiger partial charge on any atom is 0.106 e. The number of hydrogen-bond donors (Lipinski definition) is 2. The predicted molar refractivity (Wildman–Crippen MR) is 85.2 cm³/mol. The van der Waals surface area contributed by atoms with Crippen molar-refractivity contribution in [2.24, 2.45) is 0 Å². The fourth-order valence-electron chi connectivity index (χ4n) is 1.97. The molecule has 0 aliphatic rings. The summed E-state index contributed by atoms with van der Waals surface area (Å²) in [6.07, 6.45) is 5.72. The fraction of sp³-hybridized carbons (Fsp3) is 0.357. The zero-order chi connectivity index (χ0) is 13.7. The van der Waals surface area contributed by atoms with Crippen molar-refractivity contribution in [1.29, 1.82) is 0 Å². The van der Waals surface area contributed by atoms with Crippen molar-refractivity contribution in [2.75, 3.05) is 6.54 Å². The Hall–Kier alpha value is -0.650. The second-order valence-electron chi connectivity index (χ2n) is 4.48. The molecule has 1 unspecified atom stereocenters. The number of nitrogens with one attached hydrogen (secondary N) is 2. The standard InChI is InChI=1S/C14H17Br2N3/c1-10(12-5-4-11(15)9-13(12)16)17-6-2-3-14-18-7-8-19-14/h4-5,7-10,17H,2-3,6H2,1H3,(H,18,19). The van der Waals surface area contributed by atoms with E-state index in [2.05, 4.69) is 72.3 Å². The third-order valence-electron chi connectivity index (χ3n) is 3.02. The molecule has 0 bridgehead atoms.